The molecule has 0 aromatic rings. The summed E-state index contributed by atoms with van der Waals surface area (Å²) >= 11 is 0. The molecule has 3 atom stereocenters. The zero-order valence-electron chi connectivity index (χ0n) is 12.1. The lowest BCUT2D eigenvalue weighted by Gasteiger charge is -2.28. The molecule has 3 nitrogen and oxygen atoms in total. The van der Waals surface area contributed by atoms with E-state index in [1.54, 1.807) is 0 Å². The quantitative estimate of drug-likeness (QED) is 0.734. The molecule has 1 rings (SSSR count). The van der Waals surface area contributed by atoms with E-state index in [9.17, 15) is 4.79 Å². The number of amides is 1. The fraction of sp³-hybridized carbons (Fsp3) is 0.933. The Morgan fingerprint density at radius 3 is 2.67 bits per heavy atom. The Bertz CT molecular complexity index is 243. The maximum atomic E-state index is 12.1. The van der Waals surface area contributed by atoms with E-state index in [-0.39, 0.29) is 17.9 Å². The fourth-order valence-electron chi connectivity index (χ4n) is 2.80. The Balaban J connectivity index is 2.29. The monoisotopic (exact) mass is 254 g/mol. The van der Waals surface area contributed by atoms with Crippen LogP contribution < -0.4 is 11.1 Å². The molecule has 106 valence electrons. The third kappa shape index (κ3) is 4.97. The smallest absolute Gasteiger partial charge is 0.224 e. The number of nitrogens with two attached hydrogens (primary N) is 1. The molecule has 1 aliphatic rings. The van der Waals surface area contributed by atoms with Crippen molar-refractivity contribution in [1.29, 1.82) is 0 Å². The molecule has 1 saturated carbocycles. The highest BCUT2D eigenvalue weighted by Gasteiger charge is 2.28. The van der Waals surface area contributed by atoms with Crippen molar-refractivity contribution in [3.05, 3.63) is 0 Å². The highest BCUT2D eigenvalue weighted by atomic mass is 16.1. The van der Waals surface area contributed by atoms with Crippen molar-refractivity contribution in [3.63, 3.8) is 0 Å². The van der Waals surface area contributed by atoms with Crippen LogP contribution in [0.3, 0.4) is 0 Å². The van der Waals surface area contributed by atoms with Crippen LogP contribution in [0.2, 0.25) is 0 Å². The van der Waals surface area contributed by atoms with Crippen LogP contribution in [0.4, 0.5) is 0 Å². The van der Waals surface area contributed by atoms with Gasteiger partial charge < -0.3 is 11.1 Å². The van der Waals surface area contributed by atoms with Crippen molar-refractivity contribution in [1.82, 2.24) is 5.32 Å². The predicted molar refractivity (Wildman–Crippen MR) is 76.2 cm³/mol. The number of carbonyl (C=O) groups excluding carboxylic acids is 1. The van der Waals surface area contributed by atoms with E-state index in [1.165, 1.54) is 25.7 Å². The first kappa shape index (κ1) is 15.5. The molecule has 0 spiro atoms. The summed E-state index contributed by atoms with van der Waals surface area (Å²) in [6.45, 7) is 5.25. The van der Waals surface area contributed by atoms with Crippen LogP contribution in [0.15, 0.2) is 0 Å². The van der Waals surface area contributed by atoms with Crippen molar-refractivity contribution in [2.45, 2.75) is 71.3 Å². The second-order valence-electron chi connectivity index (χ2n) is 5.72. The molecular weight excluding hydrogens is 224 g/mol. The molecule has 1 fully saturated rings. The Labute approximate surface area is 112 Å². The Morgan fingerprint density at radius 2 is 2.06 bits per heavy atom. The average Bonchev–Trinajstić information content (AvgIpc) is 2.39. The van der Waals surface area contributed by atoms with Crippen LogP contribution in [-0.4, -0.2) is 18.5 Å². The molecule has 0 aliphatic heterocycles. The van der Waals surface area contributed by atoms with Crippen LogP contribution in [-0.2, 0) is 4.79 Å². The summed E-state index contributed by atoms with van der Waals surface area (Å²) < 4.78 is 0. The van der Waals surface area contributed by atoms with E-state index >= 15 is 0 Å². The van der Waals surface area contributed by atoms with Gasteiger partial charge in [-0.1, -0.05) is 46.0 Å². The molecule has 0 aromatic heterocycles. The van der Waals surface area contributed by atoms with Gasteiger partial charge in [-0.05, 0) is 25.2 Å². The minimum absolute atomic E-state index is 0.0578. The Kier molecular flexibility index (Phi) is 7.33. The largest absolute Gasteiger partial charge is 0.356 e. The van der Waals surface area contributed by atoms with Gasteiger partial charge in [-0.3, -0.25) is 4.79 Å². The van der Waals surface area contributed by atoms with Gasteiger partial charge in [0.1, 0.15) is 0 Å². The first-order valence-corrected chi connectivity index (χ1v) is 7.72. The average molecular weight is 254 g/mol. The molecule has 3 N–H and O–H groups in total. The normalized spacial score (nSPS) is 25.7. The van der Waals surface area contributed by atoms with E-state index in [4.69, 9.17) is 5.73 Å². The summed E-state index contributed by atoms with van der Waals surface area (Å²) in [6.07, 6.45) is 9.18. The van der Waals surface area contributed by atoms with E-state index < -0.39 is 0 Å². The van der Waals surface area contributed by atoms with Gasteiger partial charge in [0.15, 0.2) is 0 Å². The number of unbranched alkanes of at least 4 members (excludes halogenated alkanes) is 1. The maximum Gasteiger partial charge on any atom is 0.224 e. The van der Waals surface area contributed by atoms with Crippen molar-refractivity contribution in [2.24, 2.45) is 17.6 Å². The molecule has 3 unspecified atom stereocenters. The number of rotatable bonds is 7. The summed E-state index contributed by atoms with van der Waals surface area (Å²) in [5.41, 5.74) is 6.04. The molecular formula is C15H30N2O. The van der Waals surface area contributed by atoms with E-state index in [0.717, 1.165) is 32.2 Å². The molecule has 18 heavy (non-hydrogen) atoms. The predicted octanol–water partition coefficient (Wildman–Crippen LogP) is 2.84. The molecule has 1 aliphatic carbocycles. The van der Waals surface area contributed by atoms with Crippen LogP contribution in [0, 0.1) is 11.8 Å². The lowest BCUT2D eigenvalue weighted by Crippen LogP contribution is -2.44. The molecule has 0 aromatic carbocycles. The van der Waals surface area contributed by atoms with Gasteiger partial charge in [0, 0.05) is 12.6 Å². The molecule has 0 radical (unpaired) electrons. The number of hydrogen-bond donors (Lipinski definition) is 2. The minimum atomic E-state index is 0.0578. The van der Waals surface area contributed by atoms with E-state index in [1.807, 2.05) is 0 Å². The Morgan fingerprint density at radius 1 is 1.33 bits per heavy atom. The van der Waals surface area contributed by atoms with Gasteiger partial charge in [0.25, 0.3) is 0 Å². The summed E-state index contributed by atoms with van der Waals surface area (Å²) in [5.74, 6) is 0.883. The Hall–Kier alpha value is -0.570. The second-order valence-corrected chi connectivity index (χ2v) is 5.72. The third-order valence-corrected chi connectivity index (χ3v) is 4.26. The molecule has 0 bridgehead atoms. The molecule has 3 heteroatoms. The summed E-state index contributed by atoms with van der Waals surface area (Å²) in [7, 11) is 0. The van der Waals surface area contributed by atoms with Gasteiger partial charge >= 0.3 is 0 Å². The van der Waals surface area contributed by atoms with Crippen molar-refractivity contribution >= 4 is 5.91 Å². The zero-order chi connectivity index (χ0) is 13.4. The van der Waals surface area contributed by atoms with Crippen molar-refractivity contribution < 1.29 is 4.79 Å². The van der Waals surface area contributed by atoms with Gasteiger partial charge in [0.05, 0.1) is 5.92 Å². The highest BCUT2D eigenvalue weighted by Crippen LogP contribution is 2.23. The van der Waals surface area contributed by atoms with Crippen LogP contribution in [0.5, 0.6) is 0 Å². The van der Waals surface area contributed by atoms with E-state index in [2.05, 4.69) is 19.2 Å². The standard InChI is InChI=1S/C15H30N2O/c1-3-5-8-12(4-2)11-17-15(18)13-9-6-7-10-14(13)16/h12-14H,3-11,16H2,1-2H3,(H,17,18). The summed E-state index contributed by atoms with van der Waals surface area (Å²) in [6, 6.07) is 0.0782. The SMILES string of the molecule is CCCCC(CC)CNC(=O)C1CCCCC1N. The highest BCUT2D eigenvalue weighted by molar-refractivity contribution is 5.79. The number of carbonyl (C=O) groups is 1. The zero-order valence-corrected chi connectivity index (χ0v) is 12.1. The first-order valence-electron chi connectivity index (χ1n) is 7.72. The lowest BCUT2D eigenvalue weighted by atomic mass is 9.84. The van der Waals surface area contributed by atoms with Crippen molar-refractivity contribution in [2.75, 3.05) is 6.54 Å². The number of hydrogen-bond acceptors (Lipinski definition) is 2. The van der Waals surface area contributed by atoms with Crippen LogP contribution in [0.1, 0.15) is 65.2 Å². The second kappa shape index (κ2) is 8.52. The van der Waals surface area contributed by atoms with Gasteiger partial charge in [-0.2, -0.15) is 0 Å². The summed E-state index contributed by atoms with van der Waals surface area (Å²) in [5, 5.41) is 3.12. The van der Waals surface area contributed by atoms with Crippen LogP contribution >= 0.6 is 0 Å². The molecule has 0 heterocycles. The minimum Gasteiger partial charge on any atom is -0.356 e. The fourth-order valence-corrected chi connectivity index (χ4v) is 2.80. The topological polar surface area (TPSA) is 55.1 Å². The third-order valence-electron chi connectivity index (χ3n) is 4.26. The first-order chi connectivity index (χ1) is 8.69. The maximum absolute atomic E-state index is 12.1. The number of nitrogens with one attached hydrogen (secondary N) is 1. The molecule has 1 amide bonds. The lowest BCUT2D eigenvalue weighted by molar-refractivity contribution is -0.126. The van der Waals surface area contributed by atoms with Crippen molar-refractivity contribution in [3.8, 4) is 0 Å². The van der Waals surface area contributed by atoms with Gasteiger partial charge in [0.2, 0.25) is 5.91 Å². The van der Waals surface area contributed by atoms with Gasteiger partial charge in [-0.15, -0.1) is 0 Å². The summed E-state index contributed by atoms with van der Waals surface area (Å²) in [4.78, 5) is 12.1. The molecule has 0 saturated heterocycles. The van der Waals surface area contributed by atoms with Gasteiger partial charge in [-0.25, -0.2) is 0 Å². The van der Waals surface area contributed by atoms with Crippen LogP contribution in [0.25, 0.3) is 0 Å². The van der Waals surface area contributed by atoms with E-state index in [0.29, 0.717) is 5.92 Å².